The monoisotopic (exact) mass is 315 g/mol. The standard InChI is InChI=1S/C16H21N5O2/c1-4-10(2)14(22)23-9-13-19-15(17)21-16(20-13)18-12-8-6-5-7-11(12)3/h5-8,10H,4,9H2,1-3H3,(H3,17,18,19,20,21). The zero-order valence-corrected chi connectivity index (χ0v) is 13.5. The highest BCUT2D eigenvalue weighted by Gasteiger charge is 2.13. The molecule has 2 aromatic rings. The second kappa shape index (κ2) is 7.53. The number of nitrogens with zero attached hydrogens (tertiary/aromatic N) is 3. The van der Waals surface area contributed by atoms with Gasteiger partial charge in [0, 0.05) is 5.69 Å². The van der Waals surface area contributed by atoms with Crippen molar-refractivity contribution in [2.45, 2.75) is 33.8 Å². The van der Waals surface area contributed by atoms with Crippen molar-refractivity contribution >= 4 is 23.6 Å². The van der Waals surface area contributed by atoms with Gasteiger partial charge in [-0.3, -0.25) is 4.79 Å². The molecule has 0 bridgehead atoms. The third-order valence-electron chi connectivity index (χ3n) is 3.45. The first-order valence-corrected chi connectivity index (χ1v) is 7.49. The van der Waals surface area contributed by atoms with Gasteiger partial charge in [-0.15, -0.1) is 0 Å². The van der Waals surface area contributed by atoms with Crippen LogP contribution in [0, 0.1) is 12.8 Å². The number of carbonyl (C=O) groups is 1. The van der Waals surface area contributed by atoms with Crippen molar-refractivity contribution in [3.63, 3.8) is 0 Å². The van der Waals surface area contributed by atoms with Gasteiger partial charge in [-0.05, 0) is 25.0 Å². The normalized spacial score (nSPS) is 11.8. The zero-order chi connectivity index (χ0) is 16.8. The summed E-state index contributed by atoms with van der Waals surface area (Å²) < 4.78 is 5.19. The molecule has 23 heavy (non-hydrogen) atoms. The molecule has 1 aromatic carbocycles. The van der Waals surface area contributed by atoms with E-state index in [1.807, 2.05) is 45.0 Å². The Hall–Kier alpha value is -2.70. The van der Waals surface area contributed by atoms with Gasteiger partial charge in [0.2, 0.25) is 11.9 Å². The molecule has 0 spiro atoms. The Balaban J connectivity index is 2.10. The SMILES string of the molecule is CCC(C)C(=O)OCc1nc(N)nc(Nc2ccccc2C)n1. The van der Waals surface area contributed by atoms with E-state index in [2.05, 4.69) is 20.3 Å². The maximum Gasteiger partial charge on any atom is 0.309 e. The van der Waals surface area contributed by atoms with Gasteiger partial charge in [-0.1, -0.05) is 32.0 Å². The molecular formula is C16H21N5O2. The second-order valence-electron chi connectivity index (χ2n) is 5.29. The van der Waals surface area contributed by atoms with E-state index in [-0.39, 0.29) is 24.4 Å². The fourth-order valence-corrected chi connectivity index (χ4v) is 1.84. The highest BCUT2D eigenvalue weighted by molar-refractivity contribution is 5.71. The highest BCUT2D eigenvalue weighted by atomic mass is 16.5. The number of aryl methyl sites for hydroxylation is 1. The molecule has 0 radical (unpaired) electrons. The van der Waals surface area contributed by atoms with Crippen molar-refractivity contribution < 1.29 is 9.53 Å². The summed E-state index contributed by atoms with van der Waals surface area (Å²) >= 11 is 0. The van der Waals surface area contributed by atoms with Crippen molar-refractivity contribution in [3.8, 4) is 0 Å². The molecule has 122 valence electrons. The molecule has 1 heterocycles. The Morgan fingerprint density at radius 1 is 1.30 bits per heavy atom. The van der Waals surface area contributed by atoms with Gasteiger partial charge in [0.15, 0.2) is 12.4 Å². The van der Waals surface area contributed by atoms with Crippen LogP contribution in [-0.4, -0.2) is 20.9 Å². The predicted molar refractivity (Wildman–Crippen MR) is 88.0 cm³/mol. The number of ether oxygens (including phenoxy) is 1. The summed E-state index contributed by atoms with van der Waals surface area (Å²) in [6, 6.07) is 7.75. The summed E-state index contributed by atoms with van der Waals surface area (Å²) in [5.74, 6) is 0.274. The van der Waals surface area contributed by atoms with E-state index in [9.17, 15) is 4.79 Å². The number of esters is 1. The maximum absolute atomic E-state index is 11.7. The number of nitrogens with one attached hydrogen (secondary N) is 1. The number of hydrogen-bond acceptors (Lipinski definition) is 7. The number of nitrogens with two attached hydrogens (primary N) is 1. The lowest BCUT2D eigenvalue weighted by molar-refractivity contribution is -0.149. The van der Waals surface area contributed by atoms with E-state index in [4.69, 9.17) is 10.5 Å². The first-order valence-electron chi connectivity index (χ1n) is 7.49. The van der Waals surface area contributed by atoms with E-state index >= 15 is 0 Å². The Labute approximate surface area is 135 Å². The number of nitrogen functional groups attached to an aromatic ring is 1. The summed E-state index contributed by atoms with van der Waals surface area (Å²) in [7, 11) is 0. The number of rotatable bonds is 6. The minimum atomic E-state index is -0.278. The van der Waals surface area contributed by atoms with Crippen LogP contribution in [-0.2, 0) is 16.1 Å². The lowest BCUT2D eigenvalue weighted by Gasteiger charge is -2.11. The summed E-state index contributed by atoms with van der Waals surface area (Å²) in [5.41, 5.74) is 7.63. The average Bonchev–Trinajstić information content (AvgIpc) is 2.53. The van der Waals surface area contributed by atoms with Crippen molar-refractivity contribution in [2.75, 3.05) is 11.1 Å². The smallest absolute Gasteiger partial charge is 0.309 e. The molecule has 7 heteroatoms. The van der Waals surface area contributed by atoms with E-state index in [0.717, 1.165) is 17.7 Å². The molecule has 0 saturated carbocycles. The number of para-hydroxylation sites is 1. The Kier molecular flexibility index (Phi) is 5.46. The van der Waals surface area contributed by atoms with Crippen LogP contribution in [0.3, 0.4) is 0 Å². The molecule has 0 aliphatic carbocycles. The van der Waals surface area contributed by atoms with E-state index < -0.39 is 0 Å². The fraction of sp³-hybridized carbons (Fsp3) is 0.375. The predicted octanol–water partition coefficient (Wildman–Crippen LogP) is 2.60. The summed E-state index contributed by atoms with van der Waals surface area (Å²) in [4.78, 5) is 24.0. The molecule has 0 aliphatic rings. The number of carbonyl (C=O) groups excluding carboxylic acids is 1. The molecule has 2 rings (SSSR count). The number of benzene rings is 1. The van der Waals surface area contributed by atoms with Crippen molar-refractivity contribution in [2.24, 2.45) is 5.92 Å². The van der Waals surface area contributed by atoms with Crippen LogP contribution in [0.1, 0.15) is 31.7 Å². The second-order valence-corrected chi connectivity index (χ2v) is 5.29. The Bertz CT molecular complexity index is 690. The molecule has 0 fully saturated rings. The third kappa shape index (κ3) is 4.64. The van der Waals surface area contributed by atoms with Crippen molar-refractivity contribution in [1.82, 2.24) is 15.0 Å². The van der Waals surface area contributed by atoms with Gasteiger partial charge >= 0.3 is 5.97 Å². The van der Waals surface area contributed by atoms with Crippen molar-refractivity contribution in [1.29, 1.82) is 0 Å². The van der Waals surface area contributed by atoms with Crippen LogP contribution in [0.25, 0.3) is 0 Å². The summed E-state index contributed by atoms with van der Waals surface area (Å²) in [6.45, 7) is 5.69. The molecular weight excluding hydrogens is 294 g/mol. The quantitative estimate of drug-likeness (QED) is 0.790. The number of aromatic nitrogens is 3. The molecule has 0 aliphatic heterocycles. The maximum atomic E-state index is 11.7. The first-order chi connectivity index (χ1) is 11.0. The lowest BCUT2D eigenvalue weighted by Crippen LogP contribution is -2.16. The van der Waals surface area contributed by atoms with Crippen molar-refractivity contribution in [3.05, 3.63) is 35.7 Å². The van der Waals surface area contributed by atoms with Gasteiger partial charge in [-0.25, -0.2) is 0 Å². The number of hydrogen-bond donors (Lipinski definition) is 2. The van der Waals surface area contributed by atoms with Crippen LogP contribution in [0.5, 0.6) is 0 Å². The van der Waals surface area contributed by atoms with Crippen LogP contribution in [0.15, 0.2) is 24.3 Å². The van der Waals surface area contributed by atoms with Crippen LogP contribution in [0.2, 0.25) is 0 Å². The molecule has 7 nitrogen and oxygen atoms in total. The Morgan fingerprint density at radius 3 is 2.74 bits per heavy atom. The van der Waals surface area contributed by atoms with Gasteiger partial charge in [0.05, 0.1) is 5.92 Å². The molecule has 0 amide bonds. The van der Waals surface area contributed by atoms with Gasteiger partial charge < -0.3 is 15.8 Å². The molecule has 0 saturated heterocycles. The highest BCUT2D eigenvalue weighted by Crippen LogP contribution is 2.18. The van der Waals surface area contributed by atoms with E-state index in [1.165, 1.54) is 0 Å². The largest absolute Gasteiger partial charge is 0.457 e. The first kappa shape index (κ1) is 16.7. The lowest BCUT2D eigenvalue weighted by atomic mass is 10.1. The average molecular weight is 315 g/mol. The van der Waals surface area contributed by atoms with E-state index in [1.54, 1.807) is 0 Å². The number of anilines is 3. The van der Waals surface area contributed by atoms with Gasteiger partial charge in [0.25, 0.3) is 0 Å². The zero-order valence-electron chi connectivity index (χ0n) is 13.5. The molecule has 1 atom stereocenters. The Morgan fingerprint density at radius 2 is 2.04 bits per heavy atom. The van der Waals surface area contributed by atoms with Crippen LogP contribution in [0.4, 0.5) is 17.6 Å². The minimum Gasteiger partial charge on any atom is -0.457 e. The fourth-order valence-electron chi connectivity index (χ4n) is 1.84. The molecule has 1 unspecified atom stereocenters. The minimum absolute atomic E-state index is 0.0294. The molecule has 3 N–H and O–H groups in total. The van der Waals surface area contributed by atoms with Crippen LogP contribution >= 0.6 is 0 Å². The third-order valence-corrected chi connectivity index (χ3v) is 3.45. The van der Waals surface area contributed by atoms with Gasteiger partial charge in [0.1, 0.15) is 0 Å². The van der Waals surface area contributed by atoms with E-state index in [0.29, 0.717) is 11.8 Å². The topological polar surface area (TPSA) is 103 Å². The summed E-state index contributed by atoms with van der Waals surface area (Å²) in [6.07, 6.45) is 0.721. The van der Waals surface area contributed by atoms with Crippen LogP contribution < -0.4 is 11.1 Å². The van der Waals surface area contributed by atoms with Gasteiger partial charge in [-0.2, -0.15) is 15.0 Å². The summed E-state index contributed by atoms with van der Waals surface area (Å²) in [5, 5.41) is 3.09. The molecule has 1 aromatic heterocycles.